The van der Waals surface area contributed by atoms with Gasteiger partial charge in [-0.3, -0.25) is 4.79 Å². The van der Waals surface area contributed by atoms with Gasteiger partial charge >= 0.3 is 0 Å². The van der Waals surface area contributed by atoms with Crippen molar-refractivity contribution in [3.8, 4) is 0 Å². The van der Waals surface area contributed by atoms with Crippen LogP contribution < -0.4 is 10.6 Å². The van der Waals surface area contributed by atoms with Gasteiger partial charge in [0.2, 0.25) is 5.95 Å². The van der Waals surface area contributed by atoms with Crippen LogP contribution in [0.1, 0.15) is 10.4 Å². The summed E-state index contributed by atoms with van der Waals surface area (Å²) in [6, 6.07) is 2.78. The van der Waals surface area contributed by atoms with Crippen molar-refractivity contribution < 1.29 is 9.18 Å². The van der Waals surface area contributed by atoms with Crippen molar-refractivity contribution in [3.05, 3.63) is 29.8 Å². The van der Waals surface area contributed by atoms with Gasteiger partial charge in [0.25, 0.3) is 5.91 Å². The first-order chi connectivity index (χ1) is 6.75. The number of carbonyl (C=O) groups is 1. The minimum Gasteiger partial charge on any atom is -0.347 e. The molecule has 1 aromatic heterocycles. The zero-order chi connectivity index (χ0) is 9.97. The Labute approximate surface area is 80.5 Å². The van der Waals surface area contributed by atoms with Crippen molar-refractivity contribution >= 4 is 5.91 Å². The quantitative estimate of drug-likeness (QED) is 0.649. The maximum absolute atomic E-state index is 12.7. The van der Waals surface area contributed by atoms with Gasteiger partial charge < -0.3 is 10.6 Å². The molecule has 0 unspecified atom stereocenters. The van der Waals surface area contributed by atoms with Crippen molar-refractivity contribution in [1.29, 1.82) is 0 Å². The van der Waals surface area contributed by atoms with Gasteiger partial charge in [-0.2, -0.15) is 4.39 Å². The molecule has 1 aliphatic heterocycles. The number of rotatable bonds is 2. The Hall–Kier alpha value is -1.49. The predicted octanol–water partition coefficient (Wildman–Crippen LogP) is -0.0777. The third kappa shape index (κ3) is 1.88. The van der Waals surface area contributed by atoms with Gasteiger partial charge in [0.1, 0.15) is 0 Å². The number of nitrogens with zero attached hydrogens (tertiary/aromatic N) is 1. The number of halogens is 1. The van der Waals surface area contributed by atoms with E-state index in [1.165, 1.54) is 12.3 Å². The predicted molar refractivity (Wildman–Crippen MR) is 48.3 cm³/mol. The van der Waals surface area contributed by atoms with E-state index >= 15 is 0 Å². The summed E-state index contributed by atoms with van der Waals surface area (Å²) in [5, 5.41) is 5.79. The Kier molecular flexibility index (Phi) is 2.41. The molecule has 1 aromatic rings. The topological polar surface area (TPSA) is 54.0 Å². The standard InChI is InChI=1S/C9H10FN3O/c10-8-3-6(1-2-12-8)9(14)13-7-4-11-5-7/h1-3,7,11H,4-5H2,(H,13,14). The fourth-order valence-corrected chi connectivity index (χ4v) is 1.20. The average molecular weight is 195 g/mol. The summed E-state index contributed by atoms with van der Waals surface area (Å²) in [5.41, 5.74) is 0.310. The fraction of sp³-hybridized carbons (Fsp3) is 0.333. The summed E-state index contributed by atoms with van der Waals surface area (Å²) < 4.78 is 12.7. The van der Waals surface area contributed by atoms with Gasteiger partial charge in [-0.05, 0) is 6.07 Å². The van der Waals surface area contributed by atoms with Crippen LogP contribution in [0.3, 0.4) is 0 Å². The number of hydrogen-bond donors (Lipinski definition) is 2. The molecule has 0 atom stereocenters. The minimum absolute atomic E-state index is 0.165. The molecule has 0 aliphatic carbocycles. The molecule has 0 radical (unpaired) electrons. The Morgan fingerprint density at radius 3 is 3.00 bits per heavy atom. The van der Waals surface area contributed by atoms with Crippen LogP contribution in [0, 0.1) is 5.95 Å². The number of pyridine rings is 1. The molecule has 0 aromatic carbocycles. The van der Waals surface area contributed by atoms with Gasteiger partial charge in [-0.1, -0.05) is 0 Å². The number of nitrogens with one attached hydrogen (secondary N) is 2. The average Bonchev–Trinajstić information content (AvgIpc) is 2.11. The monoisotopic (exact) mass is 195 g/mol. The van der Waals surface area contributed by atoms with Gasteiger partial charge in [0, 0.05) is 30.9 Å². The highest BCUT2D eigenvalue weighted by atomic mass is 19.1. The molecule has 2 heterocycles. The van der Waals surface area contributed by atoms with Gasteiger partial charge in [0.05, 0.1) is 6.04 Å². The molecule has 2 N–H and O–H groups in total. The summed E-state index contributed by atoms with van der Waals surface area (Å²) in [7, 11) is 0. The van der Waals surface area contributed by atoms with E-state index in [4.69, 9.17) is 0 Å². The lowest BCUT2D eigenvalue weighted by Gasteiger charge is -2.27. The summed E-state index contributed by atoms with van der Waals surface area (Å²) in [5.74, 6) is -0.887. The molecule has 0 saturated carbocycles. The van der Waals surface area contributed by atoms with Gasteiger partial charge in [0.15, 0.2) is 0 Å². The summed E-state index contributed by atoms with van der Waals surface area (Å²) >= 11 is 0. The molecule has 0 spiro atoms. The lowest BCUT2D eigenvalue weighted by atomic mass is 10.1. The molecular formula is C9H10FN3O. The molecule has 1 amide bonds. The van der Waals surface area contributed by atoms with E-state index in [1.54, 1.807) is 0 Å². The maximum atomic E-state index is 12.7. The molecule has 14 heavy (non-hydrogen) atoms. The lowest BCUT2D eigenvalue weighted by Crippen LogP contribution is -2.56. The first kappa shape index (κ1) is 9.08. The van der Waals surface area contributed by atoms with Crippen LogP contribution in [0.4, 0.5) is 4.39 Å². The van der Waals surface area contributed by atoms with E-state index in [1.807, 2.05) is 0 Å². The first-order valence-electron chi connectivity index (χ1n) is 4.39. The number of amides is 1. The van der Waals surface area contributed by atoms with Crippen LogP contribution in [0.2, 0.25) is 0 Å². The molecule has 4 nitrogen and oxygen atoms in total. The minimum atomic E-state index is -0.635. The van der Waals surface area contributed by atoms with Gasteiger partial charge in [-0.15, -0.1) is 0 Å². The Morgan fingerprint density at radius 1 is 1.64 bits per heavy atom. The summed E-state index contributed by atoms with van der Waals surface area (Å²) in [6.07, 6.45) is 1.28. The van der Waals surface area contributed by atoms with Crippen LogP contribution in [-0.4, -0.2) is 30.0 Å². The van der Waals surface area contributed by atoms with Crippen molar-refractivity contribution in [2.24, 2.45) is 0 Å². The molecule has 0 bridgehead atoms. The number of aromatic nitrogens is 1. The highest BCUT2D eigenvalue weighted by molar-refractivity contribution is 5.94. The normalized spacial score (nSPS) is 16.1. The summed E-state index contributed by atoms with van der Waals surface area (Å²) in [4.78, 5) is 14.8. The van der Waals surface area contributed by atoms with E-state index in [-0.39, 0.29) is 11.9 Å². The Balaban J connectivity index is 2.02. The third-order valence-corrected chi connectivity index (χ3v) is 2.11. The Morgan fingerprint density at radius 2 is 2.43 bits per heavy atom. The van der Waals surface area contributed by atoms with Crippen molar-refractivity contribution in [3.63, 3.8) is 0 Å². The second kappa shape index (κ2) is 3.71. The SMILES string of the molecule is O=C(NC1CNC1)c1ccnc(F)c1. The van der Waals surface area contributed by atoms with Crippen LogP contribution in [0.5, 0.6) is 0 Å². The molecule has 2 rings (SSSR count). The second-order valence-corrected chi connectivity index (χ2v) is 3.20. The van der Waals surface area contributed by atoms with Crippen molar-refractivity contribution in [1.82, 2.24) is 15.6 Å². The third-order valence-electron chi connectivity index (χ3n) is 2.11. The molecular weight excluding hydrogens is 185 g/mol. The van der Waals surface area contributed by atoms with E-state index in [0.29, 0.717) is 5.56 Å². The zero-order valence-electron chi connectivity index (χ0n) is 7.46. The van der Waals surface area contributed by atoms with E-state index < -0.39 is 5.95 Å². The van der Waals surface area contributed by atoms with Gasteiger partial charge in [-0.25, -0.2) is 4.98 Å². The van der Waals surface area contributed by atoms with E-state index in [2.05, 4.69) is 15.6 Å². The molecule has 1 aliphatic rings. The summed E-state index contributed by atoms with van der Waals surface area (Å²) in [6.45, 7) is 1.55. The molecule has 1 saturated heterocycles. The Bertz CT molecular complexity index is 352. The zero-order valence-corrected chi connectivity index (χ0v) is 7.46. The van der Waals surface area contributed by atoms with Crippen LogP contribution >= 0.6 is 0 Å². The highest BCUT2D eigenvalue weighted by Gasteiger charge is 2.19. The molecule has 1 fully saturated rings. The van der Waals surface area contributed by atoms with E-state index in [9.17, 15) is 9.18 Å². The smallest absolute Gasteiger partial charge is 0.251 e. The van der Waals surface area contributed by atoms with E-state index in [0.717, 1.165) is 19.2 Å². The van der Waals surface area contributed by atoms with Crippen molar-refractivity contribution in [2.45, 2.75) is 6.04 Å². The largest absolute Gasteiger partial charge is 0.347 e. The number of carbonyl (C=O) groups excluding carboxylic acids is 1. The lowest BCUT2D eigenvalue weighted by molar-refractivity contribution is 0.0923. The van der Waals surface area contributed by atoms with Crippen LogP contribution in [0.25, 0.3) is 0 Å². The molecule has 74 valence electrons. The fourth-order valence-electron chi connectivity index (χ4n) is 1.20. The van der Waals surface area contributed by atoms with Crippen LogP contribution in [-0.2, 0) is 0 Å². The van der Waals surface area contributed by atoms with Crippen LogP contribution in [0.15, 0.2) is 18.3 Å². The number of hydrogen-bond acceptors (Lipinski definition) is 3. The maximum Gasteiger partial charge on any atom is 0.251 e. The molecule has 5 heteroatoms. The van der Waals surface area contributed by atoms with Crippen molar-refractivity contribution in [2.75, 3.05) is 13.1 Å². The highest BCUT2D eigenvalue weighted by Crippen LogP contribution is 2.01. The second-order valence-electron chi connectivity index (χ2n) is 3.20. The first-order valence-corrected chi connectivity index (χ1v) is 4.39.